The van der Waals surface area contributed by atoms with Crippen molar-refractivity contribution in [2.24, 2.45) is 0 Å². The molecule has 2 aromatic rings. The molecule has 0 fully saturated rings. The molecule has 1 amide bonds. The molecule has 22 heavy (non-hydrogen) atoms. The highest BCUT2D eigenvalue weighted by Crippen LogP contribution is 2.38. The fraction of sp³-hybridized carbons (Fsp3) is 0.278. The summed E-state index contributed by atoms with van der Waals surface area (Å²) in [6.45, 7) is 3.82. The van der Waals surface area contributed by atoms with Gasteiger partial charge in [-0.25, -0.2) is 0 Å². The van der Waals surface area contributed by atoms with E-state index in [0.717, 1.165) is 27.9 Å². The number of aliphatic hydroxyl groups excluding tert-OH is 1. The number of fused-ring (bicyclic) bond motifs is 1. The first-order chi connectivity index (χ1) is 10.5. The molecule has 2 aromatic carbocycles. The second-order valence-corrected chi connectivity index (χ2v) is 5.69. The van der Waals surface area contributed by atoms with Crippen LogP contribution in [0.15, 0.2) is 36.4 Å². The molecule has 1 aliphatic rings. The number of amides is 1. The summed E-state index contributed by atoms with van der Waals surface area (Å²) >= 11 is 0. The van der Waals surface area contributed by atoms with Crippen LogP contribution in [0.3, 0.4) is 0 Å². The van der Waals surface area contributed by atoms with Crippen molar-refractivity contribution >= 4 is 11.6 Å². The Labute approximate surface area is 129 Å². The van der Waals surface area contributed by atoms with E-state index in [2.05, 4.69) is 5.32 Å². The minimum absolute atomic E-state index is 0.00567. The summed E-state index contributed by atoms with van der Waals surface area (Å²) in [6.07, 6.45) is -0.748. The number of nitrogens with one attached hydrogen (secondary N) is 1. The summed E-state index contributed by atoms with van der Waals surface area (Å²) in [5.41, 5.74) is 4.34. The van der Waals surface area contributed by atoms with Gasteiger partial charge >= 0.3 is 0 Å². The van der Waals surface area contributed by atoms with Gasteiger partial charge in [0.05, 0.1) is 13.0 Å². The predicted octanol–water partition coefficient (Wildman–Crippen LogP) is 3.14. The lowest BCUT2D eigenvalue weighted by Crippen LogP contribution is -2.08. The van der Waals surface area contributed by atoms with Gasteiger partial charge in [0.2, 0.25) is 5.91 Å². The minimum Gasteiger partial charge on any atom is -0.497 e. The average molecular weight is 297 g/mol. The van der Waals surface area contributed by atoms with Crippen LogP contribution < -0.4 is 10.1 Å². The third-order valence-corrected chi connectivity index (χ3v) is 4.22. The molecule has 4 nitrogen and oxygen atoms in total. The number of anilines is 1. The molecule has 2 N–H and O–H groups in total. The number of carbonyl (C=O) groups is 1. The molecular weight excluding hydrogens is 278 g/mol. The van der Waals surface area contributed by atoms with Crippen molar-refractivity contribution in [1.29, 1.82) is 0 Å². The summed E-state index contributed by atoms with van der Waals surface area (Å²) < 4.78 is 5.20. The van der Waals surface area contributed by atoms with Crippen molar-refractivity contribution in [1.82, 2.24) is 0 Å². The van der Waals surface area contributed by atoms with E-state index >= 15 is 0 Å². The van der Waals surface area contributed by atoms with Crippen molar-refractivity contribution in [3.8, 4) is 5.75 Å². The number of hydrogen-bond acceptors (Lipinski definition) is 3. The topological polar surface area (TPSA) is 58.6 Å². The molecule has 0 saturated carbocycles. The number of hydrogen-bond donors (Lipinski definition) is 2. The number of aliphatic hydroxyl groups is 1. The van der Waals surface area contributed by atoms with Crippen LogP contribution in [0.4, 0.5) is 5.69 Å². The molecule has 0 spiro atoms. The monoisotopic (exact) mass is 297 g/mol. The van der Waals surface area contributed by atoms with E-state index in [0.29, 0.717) is 5.75 Å². The highest BCUT2D eigenvalue weighted by atomic mass is 16.5. The lowest BCUT2D eigenvalue weighted by molar-refractivity contribution is -0.116. The van der Waals surface area contributed by atoms with Crippen LogP contribution >= 0.6 is 0 Å². The maximum Gasteiger partial charge on any atom is 0.231 e. The Kier molecular flexibility index (Phi) is 3.62. The molecule has 2 unspecified atom stereocenters. The Balaban J connectivity index is 2.02. The number of rotatable bonds is 3. The van der Waals surface area contributed by atoms with E-state index in [1.54, 1.807) is 7.11 Å². The van der Waals surface area contributed by atoms with E-state index in [1.165, 1.54) is 0 Å². The Hall–Kier alpha value is -2.33. The molecular formula is C18H19NO3. The van der Waals surface area contributed by atoms with Crippen molar-refractivity contribution in [2.45, 2.75) is 25.9 Å². The summed E-state index contributed by atoms with van der Waals surface area (Å²) in [7, 11) is 1.60. The van der Waals surface area contributed by atoms with Gasteiger partial charge < -0.3 is 15.2 Å². The van der Waals surface area contributed by atoms with Crippen molar-refractivity contribution < 1.29 is 14.6 Å². The molecule has 0 bridgehead atoms. The zero-order valence-electron chi connectivity index (χ0n) is 12.9. The maximum absolute atomic E-state index is 11.8. The van der Waals surface area contributed by atoms with E-state index in [1.807, 2.05) is 50.2 Å². The van der Waals surface area contributed by atoms with Gasteiger partial charge in [0.25, 0.3) is 0 Å². The molecule has 0 aromatic heterocycles. The first-order valence-electron chi connectivity index (χ1n) is 7.28. The zero-order chi connectivity index (χ0) is 15.9. The number of carbonyl (C=O) groups excluding carboxylic acids is 1. The fourth-order valence-corrected chi connectivity index (χ4v) is 2.89. The second-order valence-electron chi connectivity index (χ2n) is 5.69. The summed E-state index contributed by atoms with van der Waals surface area (Å²) in [6, 6.07) is 11.2. The minimum atomic E-state index is -0.748. The Morgan fingerprint density at radius 2 is 2.00 bits per heavy atom. The lowest BCUT2D eigenvalue weighted by atomic mass is 9.93. The molecule has 0 radical (unpaired) electrons. The molecule has 0 saturated heterocycles. The van der Waals surface area contributed by atoms with Crippen molar-refractivity contribution in [2.75, 3.05) is 12.4 Å². The van der Waals surface area contributed by atoms with Crippen LogP contribution in [0.2, 0.25) is 0 Å². The number of aryl methyl sites for hydroxylation is 1. The van der Waals surface area contributed by atoms with Gasteiger partial charge in [-0.05, 0) is 54.3 Å². The Morgan fingerprint density at radius 3 is 2.73 bits per heavy atom. The van der Waals surface area contributed by atoms with Crippen molar-refractivity contribution in [3.05, 3.63) is 58.7 Å². The maximum atomic E-state index is 11.8. The Bertz CT molecular complexity index is 739. The first kappa shape index (κ1) is 14.6. The average Bonchev–Trinajstić information content (AvgIpc) is 2.83. The number of benzene rings is 2. The van der Waals surface area contributed by atoms with Crippen LogP contribution in [0.1, 0.15) is 41.2 Å². The smallest absolute Gasteiger partial charge is 0.231 e. The van der Waals surface area contributed by atoms with Crippen molar-refractivity contribution in [3.63, 3.8) is 0 Å². The molecule has 114 valence electrons. The van der Waals surface area contributed by atoms with Gasteiger partial charge in [0, 0.05) is 5.69 Å². The zero-order valence-corrected chi connectivity index (χ0v) is 12.9. The van der Waals surface area contributed by atoms with E-state index in [9.17, 15) is 9.90 Å². The third-order valence-electron chi connectivity index (χ3n) is 4.22. The van der Waals surface area contributed by atoms with Crippen LogP contribution in [0.25, 0.3) is 0 Å². The number of methoxy groups -OCH3 is 1. The SMILES string of the molecule is COc1cccc(C(O)c2cc(C)c3c(c2)C(C)C(=O)N3)c1. The fourth-order valence-electron chi connectivity index (χ4n) is 2.89. The van der Waals surface area contributed by atoms with E-state index in [-0.39, 0.29) is 11.8 Å². The van der Waals surface area contributed by atoms with Gasteiger partial charge in [-0.1, -0.05) is 18.2 Å². The first-order valence-corrected chi connectivity index (χ1v) is 7.28. The standard InChI is InChI=1S/C18H19NO3/c1-10-7-13(9-15-11(2)18(21)19-16(10)15)17(20)12-5-4-6-14(8-12)22-3/h4-9,11,17,20H,1-3H3,(H,19,21). The summed E-state index contributed by atoms with van der Waals surface area (Å²) in [5, 5.41) is 13.6. The van der Waals surface area contributed by atoms with Gasteiger partial charge in [-0.2, -0.15) is 0 Å². The van der Waals surface area contributed by atoms with E-state index in [4.69, 9.17) is 4.74 Å². The van der Waals surface area contributed by atoms with Gasteiger partial charge in [-0.15, -0.1) is 0 Å². The van der Waals surface area contributed by atoms with Crippen LogP contribution in [0.5, 0.6) is 5.75 Å². The van der Waals surface area contributed by atoms with Crippen LogP contribution in [-0.4, -0.2) is 18.1 Å². The molecule has 1 heterocycles. The van der Waals surface area contributed by atoms with Gasteiger partial charge in [0.1, 0.15) is 11.9 Å². The molecule has 1 aliphatic heterocycles. The van der Waals surface area contributed by atoms with E-state index < -0.39 is 6.10 Å². The molecule has 4 heteroatoms. The second kappa shape index (κ2) is 5.46. The largest absolute Gasteiger partial charge is 0.497 e. The Morgan fingerprint density at radius 1 is 1.23 bits per heavy atom. The lowest BCUT2D eigenvalue weighted by Gasteiger charge is -2.16. The molecule has 2 atom stereocenters. The highest BCUT2D eigenvalue weighted by Gasteiger charge is 2.29. The predicted molar refractivity (Wildman–Crippen MR) is 85.3 cm³/mol. The summed E-state index contributed by atoms with van der Waals surface area (Å²) in [4.78, 5) is 11.8. The molecule has 0 aliphatic carbocycles. The van der Waals surface area contributed by atoms with Crippen LogP contribution in [0, 0.1) is 6.92 Å². The summed E-state index contributed by atoms with van der Waals surface area (Å²) in [5.74, 6) is 0.525. The van der Waals surface area contributed by atoms with Crippen LogP contribution in [-0.2, 0) is 4.79 Å². The normalized spacial score (nSPS) is 17.8. The molecule has 3 rings (SSSR count). The van der Waals surface area contributed by atoms with Gasteiger partial charge in [-0.3, -0.25) is 4.79 Å². The third kappa shape index (κ3) is 2.35. The quantitative estimate of drug-likeness (QED) is 0.915. The highest BCUT2D eigenvalue weighted by molar-refractivity contribution is 6.03. The van der Waals surface area contributed by atoms with Gasteiger partial charge in [0.15, 0.2) is 0 Å². The number of ether oxygens (including phenoxy) is 1.